The first-order valence-corrected chi connectivity index (χ1v) is 7.02. The van der Waals surface area contributed by atoms with E-state index in [2.05, 4.69) is 17.2 Å². The lowest BCUT2D eigenvalue weighted by Gasteiger charge is -2.02. The number of aromatic nitrogens is 1. The Morgan fingerprint density at radius 3 is 2.71 bits per heavy atom. The molecule has 0 amide bonds. The fraction of sp³-hybridized carbons (Fsp3) is 0.667. The van der Waals surface area contributed by atoms with Gasteiger partial charge in [-0.05, 0) is 6.42 Å². The molecular weight excluding hydrogens is 236 g/mol. The largest absolute Gasteiger partial charge is 0.543 e. The van der Waals surface area contributed by atoms with Crippen LogP contribution in [0.3, 0.4) is 0 Å². The standard InChI is InChI=1S/C12H20N2O2S/c1-2-3-4-5-6-7-8-13-12-14-10(9-17-12)11(15)16/h9H,2-8H2,1H3,(H,13,14)(H,15,16)/p-1. The average Bonchev–Trinajstić information content (AvgIpc) is 2.77. The monoisotopic (exact) mass is 255 g/mol. The number of rotatable bonds is 9. The summed E-state index contributed by atoms with van der Waals surface area (Å²) in [6, 6.07) is 0. The summed E-state index contributed by atoms with van der Waals surface area (Å²) < 4.78 is 0. The lowest BCUT2D eigenvalue weighted by atomic mass is 10.1. The van der Waals surface area contributed by atoms with Gasteiger partial charge in [0.05, 0.1) is 11.7 Å². The molecule has 1 aromatic heterocycles. The molecule has 0 unspecified atom stereocenters. The summed E-state index contributed by atoms with van der Waals surface area (Å²) in [6.07, 6.45) is 7.48. The number of carbonyl (C=O) groups excluding carboxylic acids is 1. The van der Waals surface area contributed by atoms with Gasteiger partial charge in [0.2, 0.25) is 0 Å². The van der Waals surface area contributed by atoms with Crippen LogP contribution in [0.5, 0.6) is 0 Å². The Hall–Kier alpha value is -1.10. The van der Waals surface area contributed by atoms with Gasteiger partial charge in [0.25, 0.3) is 0 Å². The van der Waals surface area contributed by atoms with Crippen molar-refractivity contribution in [3.63, 3.8) is 0 Å². The topological polar surface area (TPSA) is 65.0 Å². The highest BCUT2D eigenvalue weighted by Crippen LogP contribution is 2.15. The van der Waals surface area contributed by atoms with E-state index in [9.17, 15) is 9.90 Å². The molecule has 0 aliphatic carbocycles. The third kappa shape index (κ3) is 5.68. The maximum Gasteiger partial charge on any atom is 0.183 e. The molecule has 1 heterocycles. The third-order valence-corrected chi connectivity index (χ3v) is 3.32. The second-order valence-corrected chi connectivity index (χ2v) is 4.88. The van der Waals surface area contributed by atoms with Gasteiger partial charge in [-0.1, -0.05) is 39.0 Å². The summed E-state index contributed by atoms with van der Waals surface area (Å²) in [6.45, 7) is 3.06. The smallest absolute Gasteiger partial charge is 0.183 e. The van der Waals surface area contributed by atoms with Gasteiger partial charge >= 0.3 is 0 Å². The van der Waals surface area contributed by atoms with Crippen LogP contribution in [0.15, 0.2) is 5.38 Å². The van der Waals surface area contributed by atoms with Crippen LogP contribution >= 0.6 is 11.3 Å². The lowest BCUT2D eigenvalue weighted by molar-refractivity contribution is -0.255. The second-order valence-electron chi connectivity index (χ2n) is 4.02. The van der Waals surface area contributed by atoms with Crippen molar-refractivity contribution in [3.8, 4) is 0 Å². The Labute approximate surface area is 106 Å². The van der Waals surface area contributed by atoms with E-state index in [1.165, 1.54) is 48.8 Å². The van der Waals surface area contributed by atoms with Gasteiger partial charge in [-0.25, -0.2) is 4.98 Å². The van der Waals surface area contributed by atoms with Crippen molar-refractivity contribution < 1.29 is 9.90 Å². The van der Waals surface area contributed by atoms with E-state index in [1.54, 1.807) is 0 Å². The quantitative estimate of drug-likeness (QED) is 0.687. The third-order valence-electron chi connectivity index (χ3n) is 2.52. The number of nitrogens with one attached hydrogen (secondary N) is 1. The van der Waals surface area contributed by atoms with E-state index in [4.69, 9.17) is 0 Å². The van der Waals surface area contributed by atoms with Crippen LogP contribution in [0, 0.1) is 0 Å². The molecule has 1 rings (SSSR count). The van der Waals surface area contributed by atoms with Crippen LogP contribution < -0.4 is 10.4 Å². The number of anilines is 1. The highest BCUT2D eigenvalue weighted by Gasteiger charge is 2.01. The van der Waals surface area contributed by atoms with Gasteiger partial charge in [-0.15, -0.1) is 11.3 Å². The van der Waals surface area contributed by atoms with Gasteiger partial charge in [0, 0.05) is 11.9 Å². The molecule has 0 bridgehead atoms. The highest BCUT2D eigenvalue weighted by atomic mass is 32.1. The van der Waals surface area contributed by atoms with Crippen LogP contribution in [0.4, 0.5) is 5.13 Å². The number of unbranched alkanes of at least 4 members (excludes halogenated alkanes) is 5. The van der Waals surface area contributed by atoms with Crippen molar-refractivity contribution in [2.45, 2.75) is 45.4 Å². The van der Waals surface area contributed by atoms with Crippen molar-refractivity contribution in [1.29, 1.82) is 0 Å². The molecule has 0 fully saturated rings. The Morgan fingerprint density at radius 1 is 1.35 bits per heavy atom. The molecule has 0 aliphatic rings. The Kier molecular flexibility index (Phi) is 6.62. The summed E-state index contributed by atoms with van der Waals surface area (Å²) in [7, 11) is 0. The molecule has 0 saturated carbocycles. The summed E-state index contributed by atoms with van der Waals surface area (Å²) in [4.78, 5) is 14.4. The minimum absolute atomic E-state index is 0.0143. The van der Waals surface area contributed by atoms with Crippen molar-refractivity contribution in [3.05, 3.63) is 11.1 Å². The molecule has 0 aliphatic heterocycles. The van der Waals surface area contributed by atoms with Gasteiger partial charge in [-0.2, -0.15) is 0 Å². The number of carboxylic acids is 1. The highest BCUT2D eigenvalue weighted by molar-refractivity contribution is 7.13. The summed E-state index contributed by atoms with van der Waals surface area (Å²) in [5.41, 5.74) is 0.0143. The van der Waals surface area contributed by atoms with Crippen molar-refractivity contribution >= 4 is 22.4 Å². The average molecular weight is 255 g/mol. The zero-order chi connectivity index (χ0) is 12.5. The SMILES string of the molecule is CCCCCCCCNc1nc(C(=O)[O-])cs1. The van der Waals surface area contributed by atoms with Crippen LogP contribution in [0.1, 0.15) is 55.9 Å². The first-order chi connectivity index (χ1) is 8.24. The van der Waals surface area contributed by atoms with E-state index in [1.807, 2.05) is 0 Å². The number of hydrogen-bond acceptors (Lipinski definition) is 5. The van der Waals surface area contributed by atoms with Crippen molar-refractivity contribution in [2.75, 3.05) is 11.9 Å². The number of carboxylic acid groups (broad SMARTS) is 1. The molecule has 1 N–H and O–H groups in total. The van der Waals surface area contributed by atoms with Gasteiger partial charge in [-0.3, -0.25) is 0 Å². The maximum atomic E-state index is 10.5. The molecular formula is C12H19N2O2S-. The second kappa shape index (κ2) is 8.06. The number of hydrogen-bond donors (Lipinski definition) is 1. The number of carbonyl (C=O) groups is 1. The summed E-state index contributed by atoms with van der Waals surface area (Å²) in [5.74, 6) is -1.21. The van der Waals surface area contributed by atoms with Gasteiger partial charge in [0.1, 0.15) is 0 Å². The Bertz CT molecular complexity index is 339. The molecule has 0 atom stereocenters. The van der Waals surface area contributed by atoms with Crippen LogP contribution in [0.2, 0.25) is 0 Å². The molecule has 5 heteroatoms. The minimum Gasteiger partial charge on any atom is -0.543 e. The molecule has 17 heavy (non-hydrogen) atoms. The number of aromatic carboxylic acids is 1. The minimum atomic E-state index is -1.21. The van der Waals surface area contributed by atoms with Crippen molar-refractivity contribution in [1.82, 2.24) is 4.98 Å². The zero-order valence-corrected chi connectivity index (χ0v) is 11.0. The van der Waals surface area contributed by atoms with Crippen molar-refractivity contribution in [2.24, 2.45) is 0 Å². The summed E-state index contributed by atoms with van der Waals surface area (Å²) >= 11 is 1.31. The normalized spacial score (nSPS) is 10.4. The van der Waals surface area contributed by atoms with E-state index >= 15 is 0 Å². The molecule has 0 radical (unpaired) electrons. The zero-order valence-electron chi connectivity index (χ0n) is 10.2. The van der Waals surface area contributed by atoms with E-state index < -0.39 is 5.97 Å². The molecule has 1 aromatic rings. The van der Waals surface area contributed by atoms with Crippen LogP contribution in [-0.2, 0) is 0 Å². The van der Waals surface area contributed by atoms with E-state index in [0.717, 1.165) is 13.0 Å². The molecule has 0 aromatic carbocycles. The number of nitrogens with zero attached hydrogens (tertiary/aromatic N) is 1. The van der Waals surface area contributed by atoms with E-state index in [0.29, 0.717) is 5.13 Å². The van der Waals surface area contributed by atoms with Gasteiger partial charge in [0.15, 0.2) is 5.13 Å². The van der Waals surface area contributed by atoms with Gasteiger partial charge < -0.3 is 15.2 Å². The van der Waals surface area contributed by atoms with Crippen LogP contribution in [0.25, 0.3) is 0 Å². The van der Waals surface area contributed by atoms with Crippen LogP contribution in [-0.4, -0.2) is 17.5 Å². The lowest BCUT2D eigenvalue weighted by Crippen LogP contribution is -2.22. The molecule has 0 spiro atoms. The molecule has 96 valence electrons. The maximum absolute atomic E-state index is 10.5. The fourth-order valence-corrected chi connectivity index (χ4v) is 2.26. The Balaban J connectivity index is 2.07. The summed E-state index contributed by atoms with van der Waals surface area (Å²) in [5, 5.41) is 15.8. The molecule has 0 saturated heterocycles. The first kappa shape index (κ1) is 14.0. The Morgan fingerprint density at radius 2 is 2.06 bits per heavy atom. The first-order valence-electron chi connectivity index (χ1n) is 6.14. The molecule has 4 nitrogen and oxygen atoms in total. The fourth-order valence-electron chi connectivity index (χ4n) is 1.55. The predicted molar refractivity (Wildman–Crippen MR) is 68.3 cm³/mol. The van der Waals surface area contributed by atoms with E-state index in [-0.39, 0.29) is 5.69 Å². The number of thiazole rings is 1. The predicted octanol–water partition coefficient (Wildman–Crippen LogP) is 2.28.